The van der Waals surface area contributed by atoms with Gasteiger partial charge in [0, 0.05) is 36.6 Å². The van der Waals surface area contributed by atoms with E-state index in [0.29, 0.717) is 18.4 Å². The van der Waals surface area contributed by atoms with Crippen molar-refractivity contribution < 1.29 is 27.5 Å². The summed E-state index contributed by atoms with van der Waals surface area (Å²) in [6.45, 7) is 0. The molecule has 3 N–H and O–H groups in total. The average Bonchev–Trinajstić information content (AvgIpc) is 3.21. The van der Waals surface area contributed by atoms with Crippen LogP contribution in [0.15, 0.2) is 48.9 Å². The number of amides is 2. The zero-order valence-electron chi connectivity index (χ0n) is 19.4. The van der Waals surface area contributed by atoms with E-state index in [9.17, 15) is 22.8 Å². The molecular weight excluding hydrogens is 475 g/mol. The molecule has 3 aromatic rings. The number of halogens is 3. The van der Waals surface area contributed by atoms with Crippen LogP contribution in [0.25, 0.3) is 11.1 Å². The van der Waals surface area contributed by atoms with E-state index in [4.69, 9.17) is 10.5 Å². The Morgan fingerprint density at radius 3 is 2.56 bits per heavy atom. The number of aryl methyl sites for hydroxylation is 1. The molecule has 5 rings (SSSR count). The largest absolute Gasteiger partial charge is 0.474 e. The van der Waals surface area contributed by atoms with Crippen LogP contribution in [-0.4, -0.2) is 38.7 Å². The molecular formula is C25H24F3N5O3. The van der Waals surface area contributed by atoms with Gasteiger partial charge in [0.2, 0.25) is 5.88 Å². The molecule has 2 amide bonds. The average molecular weight is 499 g/mol. The molecule has 0 atom stereocenters. The summed E-state index contributed by atoms with van der Waals surface area (Å²) in [4.78, 5) is 28.5. The number of hydrogen-bond acceptors (Lipinski definition) is 5. The molecule has 36 heavy (non-hydrogen) atoms. The fraction of sp³-hybridized carbons (Fsp3) is 0.360. The van der Waals surface area contributed by atoms with Crippen molar-refractivity contribution in [3.05, 3.63) is 65.6 Å². The molecule has 2 aliphatic rings. The molecule has 1 spiro atoms. The van der Waals surface area contributed by atoms with E-state index in [1.54, 1.807) is 25.4 Å². The standard InChI is InChI=1S/C25H24F3N5O3/c1-33-13-16(12-31-33)14-5-15(7-17(6-14)25(26,27)28)22(35)32-18-8-24(9-18)10-19(11-24)36-23-20(21(29)34)3-2-4-30-23/h2-7,12-13,18-19H,8-11H2,1H3,(H2,29,34)(H,32,35). The van der Waals surface area contributed by atoms with Crippen molar-refractivity contribution in [1.82, 2.24) is 20.1 Å². The van der Waals surface area contributed by atoms with Crippen molar-refractivity contribution in [2.24, 2.45) is 18.2 Å². The molecule has 8 nitrogen and oxygen atoms in total. The summed E-state index contributed by atoms with van der Waals surface area (Å²) in [7, 11) is 1.67. The number of nitrogens with two attached hydrogens (primary N) is 1. The molecule has 2 saturated carbocycles. The van der Waals surface area contributed by atoms with Crippen LogP contribution >= 0.6 is 0 Å². The van der Waals surface area contributed by atoms with Gasteiger partial charge in [-0.15, -0.1) is 0 Å². The van der Waals surface area contributed by atoms with Gasteiger partial charge in [-0.3, -0.25) is 14.3 Å². The second kappa shape index (κ2) is 8.65. The highest BCUT2D eigenvalue weighted by Gasteiger charge is 2.54. The first-order valence-electron chi connectivity index (χ1n) is 11.4. The van der Waals surface area contributed by atoms with E-state index < -0.39 is 23.6 Å². The molecule has 1 aromatic carbocycles. The third kappa shape index (κ3) is 4.65. The first-order valence-corrected chi connectivity index (χ1v) is 11.4. The molecule has 0 saturated heterocycles. The third-order valence-corrected chi connectivity index (χ3v) is 6.89. The minimum absolute atomic E-state index is 0.0129. The Hall–Kier alpha value is -3.89. The van der Waals surface area contributed by atoms with Crippen molar-refractivity contribution in [2.75, 3.05) is 0 Å². The summed E-state index contributed by atoms with van der Waals surface area (Å²) >= 11 is 0. The summed E-state index contributed by atoms with van der Waals surface area (Å²) in [6, 6.07) is 6.38. The number of benzene rings is 1. The summed E-state index contributed by atoms with van der Waals surface area (Å²) in [6.07, 6.45) is 2.77. The van der Waals surface area contributed by atoms with Gasteiger partial charge >= 0.3 is 6.18 Å². The van der Waals surface area contributed by atoms with Gasteiger partial charge in [0.05, 0.1) is 11.8 Å². The number of primary amides is 1. The molecule has 188 valence electrons. The molecule has 0 bridgehead atoms. The smallest absolute Gasteiger partial charge is 0.416 e. The molecule has 0 unspecified atom stereocenters. The molecule has 2 aromatic heterocycles. The van der Waals surface area contributed by atoms with Crippen LogP contribution in [0.1, 0.15) is 52.0 Å². The number of hydrogen-bond donors (Lipinski definition) is 2. The fourth-order valence-electron chi connectivity index (χ4n) is 5.17. The SMILES string of the molecule is Cn1cc(-c2cc(C(=O)NC3CC4(C3)CC(Oc3ncccc3C(N)=O)C4)cc(C(F)(F)F)c2)cn1. The summed E-state index contributed by atoms with van der Waals surface area (Å²) < 4.78 is 47.8. The highest BCUT2D eigenvalue weighted by Crippen LogP contribution is 2.56. The monoisotopic (exact) mass is 499 g/mol. The number of nitrogens with zero attached hydrogens (tertiary/aromatic N) is 3. The number of carbonyl (C=O) groups is 2. The number of carbonyl (C=O) groups excluding carboxylic acids is 2. The maximum absolute atomic E-state index is 13.5. The van der Waals surface area contributed by atoms with Crippen molar-refractivity contribution in [3.63, 3.8) is 0 Å². The Morgan fingerprint density at radius 1 is 1.17 bits per heavy atom. The Balaban J connectivity index is 1.21. The van der Waals surface area contributed by atoms with Crippen LogP contribution in [0.5, 0.6) is 5.88 Å². The molecule has 2 fully saturated rings. The number of nitrogens with one attached hydrogen (secondary N) is 1. The quantitative estimate of drug-likeness (QED) is 0.537. The van der Waals surface area contributed by atoms with Gasteiger partial charge in [-0.1, -0.05) is 0 Å². The van der Waals surface area contributed by atoms with Crippen LogP contribution in [0.4, 0.5) is 13.2 Å². The van der Waals surface area contributed by atoms with Crippen LogP contribution in [0, 0.1) is 5.41 Å². The lowest BCUT2D eigenvalue weighted by molar-refractivity contribution is -0.137. The minimum Gasteiger partial charge on any atom is -0.474 e. The minimum atomic E-state index is -4.59. The lowest BCUT2D eigenvalue weighted by atomic mass is 9.53. The normalized spacial score (nSPS) is 23.0. The Bertz CT molecular complexity index is 1320. The third-order valence-electron chi connectivity index (χ3n) is 6.89. The number of rotatable bonds is 6. The Kier molecular flexibility index (Phi) is 5.73. The van der Waals surface area contributed by atoms with Crippen LogP contribution in [0.2, 0.25) is 0 Å². The lowest BCUT2D eigenvalue weighted by Crippen LogP contribution is -2.58. The predicted molar refractivity (Wildman–Crippen MR) is 123 cm³/mol. The molecule has 0 radical (unpaired) electrons. The van der Waals surface area contributed by atoms with Gasteiger partial charge in [-0.05, 0) is 67.0 Å². The second-order valence-electron chi connectivity index (χ2n) is 9.65. The van der Waals surface area contributed by atoms with Gasteiger partial charge in [0.15, 0.2) is 0 Å². The van der Waals surface area contributed by atoms with Crippen LogP contribution in [0.3, 0.4) is 0 Å². The van der Waals surface area contributed by atoms with E-state index >= 15 is 0 Å². The maximum Gasteiger partial charge on any atom is 0.416 e. The number of aromatic nitrogens is 3. The zero-order valence-corrected chi connectivity index (χ0v) is 19.4. The molecule has 11 heteroatoms. The van der Waals surface area contributed by atoms with E-state index in [2.05, 4.69) is 15.4 Å². The van der Waals surface area contributed by atoms with E-state index in [1.807, 2.05) is 0 Å². The van der Waals surface area contributed by atoms with Gasteiger partial charge in [0.25, 0.3) is 11.8 Å². The molecule has 2 aliphatic carbocycles. The van der Waals surface area contributed by atoms with Crippen molar-refractivity contribution in [1.29, 1.82) is 0 Å². The zero-order chi connectivity index (χ0) is 25.7. The van der Waals surface area contributed by atoms with E-state index in [-0.39, 0.29) is 40.1 Å². The van der Waals surface area contributed by atoms with Gasteiger partial charge < -0.3 is 15.8 Å². The lowest BCUT2D eigenvalue weighted by Gasteiger charge is -2.57. The summed E-state index contributed by atoms with van der Waals surface area (Å²) in [5.41, 5.74) is 5.44. The van der Waals surface area contributed by atoms with E-state index in [0.717, 1.165) is 25.0 Å². The highest BCUT2D eigenvalue weighted by atomic mass is 19.4. The fourth-order valence-corrected chi connectivity index (χ4v) is 5.17. The second-order valence-corrected chi connectivity index (χ2v) is 9.65. The van der Waals surface area contributed by atoms with Crippen molar-refractivity contribution in [3.8, 4) is 17.0 Å². The van der Waals surface area contributed by atoms with Crippen molar-refractivity contribution in [2.45, 2.75) is 44.0 Å². The van der Waals surface area contributed by atoms with Gasteiger partial charge in [-0.2, -0.15) is 18.3 Å². The highest BCUT2D eigenvalue weighted by molar-refractivity contribution is 5.96. The van der Waals surface area contributed by atoms with Crippen molar-refractivity contribution >= 4 is 11.8 Å². The molecule has 2 heterocycles. The Morgan fingerprint density at radius 2 is 1.92 bits per heavy atom. The van der Waals surface area contributed by atoms with Crippen LogP contribution < -0.4 is 15.8 Å². The first-order chi connectivity index (χ1) is 17.0. The predicted octanol–water partition coefficient (Wildman–Crippen LogP) is 3.72. The molecule has 0 aliphatic heterocycles. The number of ether oxygens (including phenoxy) is 1. The number of pyridine rings is 1. The van der Waals surface area contributed by atoms with Crippen LogP contribution in [-0.2, 0) is 13.2 Å². The maximum atomic E-state index is 13.5. The summed E-state index contributed by atoms with van der Waals surface area (Å²) in [5, 5.41) is 6.87. The Labute approximate surface area is 204 Å². The van der Waals surface area contributed by atoms with Gasteiger partial charge in [-0.25, -0.2) is 4.98 Å². The summed E-state index contributed by atoms with van der Waals surface area (Å²) in [5.74, 6) is -0.944. The number of alkyl halides is 3. The first kappa shape index (κ1) is 23.8. The van der Waals surface area contributed by atoms with E-state index in [1.165, 1.54) is 23.1 Å². The van der Waals surface area contributed by atoms with Gasteiger partial charge in [0.1, 0.15) is 11.7 Å². The topological polar surface area (TPSA) is 112 Å².